The van der Waals surface area contributed by atoms with Gasteiger partial charge in [-0.2, -0.15) is 0 Å². The lowest BCUT2D eigenvalue weighted by Gasteiger charge is -2.14. The van der Waals surface area contributed by atoms with Crippen LogP contribution in [0.1, 0.15) is 0 Å². The third-order valence-corrected chi connectivity index (χ3v) is 2.11. The van der Waals surface area contributed by atoms with Crippen LogP contribution in [0.2, 0.25) is 0 Å². The summed E-state index contributed by atoms with van der Waals surface area (Å²) in [5, 5.41) is 5.99. The molecule has 0 bridgehead atoms. The first-order valence-electron chi connectivity index (χ1n) is 2.97. The third kappa shape index (κ3) is 1.67. The summed E-state index contributed by atoms with van der Waals surface area (Å²) in [6.45, 7) is 0.746. The number of ether oxygens (including phenoxy) is 1. The number of amidine groups is 1. The van der Waals surface area contributed by atoms with Crippen molar-refractivity contribution in [1.29, 1.82) is 0 Å². The van der Waals surface area contributed by atoms with Crippen molar-refractivity contribution >= 4 is 16.9 Å². The molecule has 0 fully saturated rings. The largest absolute Gasteiger partial charge is 0.499 e. The molecule has 0 saturated heterocycles. The van der Waals surface area contributed by atoms with Gasteiger partial charge in [-0.25, -0.2) is 0 Å². The predicted octanol–water partition coefficient (Wildman–Crippen LogP) is 0.796. The second-order valence-electron chi connectivity index (χ2n) is 1.79. The first-order valence-corrected chi connectivity index (χ1v) is 3.85. The van der Waals surface area contributed by atoms with Gasteiger partial charge in [0.25, 0.3) is 0 Å². The number of rotatable bonds is 1. The zero-order valence-electron chi connectivity index (χ0n) is 6.05. The minimum absolute atomic E-state index is 0.746. The first-order chi connectivity index (χ1) is 4.86. The number of methoxy groups -OCH3 is 1. The Morgan fingerprint density at radius 3 is 3.00 bits per heavy atom. The average molecular weight is 158 g/mol. The van der Waals surface area contributed by atoms with Crippen LogP contribution in [0.3, 0.4) is 0 Å². The molecule has 0 saturated carbocycles. The van der Waals surface area contributed by atoms with Crippen molar-refractivity contribution in [1.82, 2.24) is 5.32 Å². The standard InChI is InChI=1S/C6H10N2OS/c1-7-6-8-3-5(9-2)4-10-6/h4H,3H2,1-2H3,(H,7,8). The number of hydrogen-bond donors (Lipinski definition) is 1. The molecule has 1 rings (SSSR count). The molecule has 4 heteroatoms. The van der Waals surface area contributed by atoms with E-state index in [1.807, 2.05) is 5.41 Å². The van der Waals surface area contributed by atoms with E-state index >= 15 is 0 Å². The van der Waals surface area contributed by atoms with Gasteiger partial charge in [0, 0.05) is 12.5 Å². The van der Waals surface area contributed by atoms with Crippen LogP contribution >= 0.6 is 11.8 Å². The summed E-state index contributed by atoms with van der Waals surface area (Å²) >= 11 is 1.55. The van der Waals surface area contributed by atoms with E-state index in [4.69, 9.17) is 4.74 Å². The molecule has 1 heterocycles. The second-order valence-corrected chi connectivity index (χ2v) is 2.65. The number of aliphatic imine (C=N–C) groups is 1. The summed E-state index contributed by atoms with van der Waals surface area (Å²) in [5.74, 6) is 0.956. The Morgan fingerprint density at radius 2 is 2.60 bits per heavy atom. The summed E-state index contributed by atoms with van der Waals surface area (Å²) in [5.41, 5.74) is 0. The summed E-state index contributed by atoms with van der Waals surface area (Å²) in [7, 11) is 3.43. The summed E-state index contributed by atoms with van der Waals surface area (Å²) in [4.78, 5) is 3.98. The minimum Gasteiger partial charge on any atom is -0.499 e. The fourth-order valence-corrected chi connectivity index (χ4v) is 1.30. The quantitative estimate of drug-likeness (QED) is 0.612. The molecule has 1 aliphatic heterocycles. The predicted molar refractivity (Wildman–Crippen MR) is 44.0 cm³/mol. The highest BCUT2D eigenvalue weighted by Crippen LogP contribution is 2.13. The van der Waals surface area contributed by atoms with Crippen LogP contribution < -0.4 is 5.32 Å². The maximum atomic E-state index is 5.01. The third-order valence-electron chi connectivity index (χ3n) is 1.18. The van der Waals surface area contributed by atoms with E-state index in [0.717, 1.165) is 17.5 Å². The smallest absolute Gasteiger partial charge is 0.161 e. The van der Waals surface area contributed by atoms with Crippen LogP contribution in [-0.2, 0) is 4.74 Å². The van der Waals surface area contributed by atoms with Crippen molar-refractivity contribution in [2.45, 2.75) is 0 Å². The first kappa shape index (κ1) is 7.47. The Bertz CT molecular complexity index is 177. The molecule has 0 aromatic carbocycles. The zero-order valence-corrected chi connectivity index (χ0v) is 6.86. The zero-order chi connectivity index (χ0) is 7.40. The molecule has 0 spiro atoms. The molecule has 0 radical (unpaired) electrons. The number of hydrogen-bond acceptors (Lipinski definition) is 3. The molecular weight excluding hydrogens is 148 g/mol. The fraction of sp³-hybridized carbons (Fsp3) is 0.500. The van der Waals surface area contributed by atoms with Gasteiger partial charge in [0.15, 0.2) is 5.17 Å². The number of nitrogens with zero attached hydrogens (tertiary/aromatic N) is 1. The molecule has 10 heavy (non-hydrogen) atoms. The molecular formula is C6H10N2OS. The van der Waals surface area contributed by atoms with Crippen LogP contribution in [0.15, 0.2) is 16.2 Å². The Kier molecular flexibility index (Phi) is 2.62. The van der Waals surface area contributed by atoms with Gasteiger partial charge >= 0.3 is 0 Å². The fourth-order valence-electron chi connectivity index (χ4n) is 0.620. The van der Waals surface area contributed by atoms with E-state index in [9.17, 15) is 0 Å². The van der Waals surface area contributed by atoms with Crippen molar-refractivity contribution < 1.29 is 4.74 Å². The van der Waals surface area contributed by atoms with Gasteiger partial charge in [0.05, 0.1) is 13.7 Å². The van der Waals surface area contributed by atoms with Gasteiger partial charge in [0.1, 0.15) is 5.76 Å². The van der Waals surface area contributed by atoms with Crippen molar-refractivity contribution in [3.05, 3.63) is 11.2 Å². The average Bonchev–Trinajstić information content (AvgIpc) is 2.05. The summed E-state index contributed by atoms with van der Waals surface area (Å²) < 4.78 is 5.01. The molecule has 56 valence electrons. The van der Waals surface area contributed by atoms with Crippen molar-refractivity contribution in [3.8, 4) is 0 Å². The Morgan fingerprint density at radius 1 is 1.80 bits per heavy atom. The lowest BCUT2D eigenvalue weighted by atomic mass is 10.5. The van der Waals surface area contributed by atoms with E-state index in [1.165, 1.54) is 0 Å². The van der Waals surface area contributed by atoms with E-state index in [-0.39, 0.29) is 0 Å². The van der Waals surface area contributed by atoms with Crippen LogP contribution in [-0.4, -0.2) is 25.9 Å². The molecule has 0 unspecified atom stereocenters. The summed E-state index contributed by atoms with van der Waals surface area (Å²) in [6, 6.07) is 0. The van der Waals surface area contributed by atoms with E-state index in [1.54, 1.807) is 25.9 Å². The van der Waals surface area contributed by atoms with Crippen LogP contribution in [0.5, 0.6) is 0 Å². The second kappa shape index (κ2) is 3.51. The lowest BCUT2D eigenvalue weighted by molar-refractivity contribution is 0.285. The van der Waals surface area contributed by atoms with Gasteiger partial charge < -0.3 is 10.1 Å². The van der Waals surface area contributed by atoms with Gasteiger partial charge in [-0.05, 0) is 0 Å². The lowest BCUT2D eigenvalue weighted by Crippen LogP contribution is -2.26. The molecule has 0 aromatic rings. The Hall–Kier alpha value is -0.640. The molecule has 3 nitrogen and oxygen atoms in total. The maximum absolute atomic E-state index is 5.01. The van der Waals surface area contributed by atoms with Gasteiger partial charge in [-0.15, -0.1) is 0 Å². The number of nitrogens with one attached hydrogen (secondary N) is 1. The highest BCUT2D eigenvalue weighted by atomic mass is 32.2. The molecule has 0 aliphatic carbocycles. The highest BCUT2D eigenvalue weighted by Gasteiger charge is 2.06. The number of thioether (sulfide) groups is 1. The normalized spacial score (nSPS) is 21.8. The molecule has 0 atom stereocenters. The monoisotopic (exact) mass is 158 g/mol. The van der Waals surface area contributed by atoms with Crippen LogP contribution in [0.4, 0.5) is 0 Å². The van der Waals surface area contributed by atoms with E-state index in [0.29, 0.717) is 0 Å². The topological polar surface area (TPSA) is 33.6 Å². The minimum atomic E-state index is 0.746. The van der Waals surface area contributed by atoms with Gasteiger partial charge in [0.2, 0.25) is 0 Å². The van der Waals surface area contributed by atoms with Crippen molar-refractivity contribution in [3.63, 3.8) is 0 Å². The van der Waals surface area contributed by atoms with Crippen molar-refractivity contribution in [2.24, 2.45) is 4.99 Å². The molecule has 0 aromatic heterocycles. The van der Waals surface area contributed by atoms with E-state index < -0.39 is 0 Å². The molecule has 0 amide bonds. The highest BCUT2D eigenvalue weighted by molar-refractivity contribution is 8.16. The van der Waals surface area contributed by atoms with Crippen molar-refractivity contribution in [2.75, 3.05) is 20.7 Å². The Labute approximate surface area is 64.6 Å². The van der Waals surface area contributed by atoms with E-state index in [2.05, 4.69) is 10.3 Å². The van der Waals surface area contributed by atoms with Crippen LogP contribution in [0, 0.1) is 0 Å². The molecule has 1 aliphatic rings. The van der Waals surface area contributed by atoms with Gasteiger partial charge in [-0.1, -0.05) is 11.8 Å². The Balaban J connectivity index is 2.52. The molecule has 1 N–H and O–H groups in total. The maximum Gasteiger partial charge on any atom is 0.161 e. The van der Waals surface area contributed by atoms with Crippen LogP contribution in [0.25, 0.3) is 0 Å². The summed E-state index contributed by atoms with van der Waals surface area (Å²) in [6.07, 6.45) is 0. The van der Waals surface area contributed by atoms with Gasteiger partial charge in [-0.3, -0.25) is 4.99 Å². The SMILES string of the molecule is CN=C1NCC(OC)=CS1.